The van der Waals surface area contributed by atoms with Crippen molar-refractivity contribution >= 4 is 23.1 Å². The molecule has 1 aromatic rings. The Labute approximate surface area is 112 Å². The minimum Gasteiger partial charge on any atom is -0.384 e. The summed E-state index contributed by atoms with van der Waals surface area (Å²) in [5, 5.41) is 7.94. The summed E-state index contributed by atoms with van der Waals surface area (Å²) in [5.74, 6) is 0.589. The van der Waals surface area contributed by atoms with Crippen molar-refractivity contribution in [3.8, 4) is 0 Å². The highest BCUT2D eigenvalue weighted by Crippen LogP contribution is 2.28. The van der Waals surface area contributed by atoms with Gasteiger partial charge in [-0.25, -0.2) is 0 Å². The van der Waals surface area contributed by atoms with E-state index in [-0.39, 0.29) is 5.84 Å². The van der Waals surface area contributed by atoms with Gasteiger partial charge in [0.1, 0.15) is 5.84 Å². The quantitative estimate of drug-likeness (QED) is 0.649. The number of nitrogens with zero attached hydrogens (tertiary/aromatic N) is 1. The van der Waals surface area contributed by atoms with Crippen LogP contribution >= 0.6 is 11.6 Å². The normalized spacial score (nSPS) is 19.2. The maximum Gasteiger partial charge on any atom is 0.124 e. The number of anilines is 1. The average molecular weight is 268 g/mol. The second kappa shape index (κ2) is 5.59. The first-order valence-corrected chi connectivity index (χ1v) is 6.37. The number of hydrogen-bond acceptors (Lipinski definition) is 3. The first kappa shape index (κ1) is 13.2. The molecule has 1 heterocycles. The zero-order valence-electron chi connectivity index (χ0n) is 10.4. The molecule has 2 rings (SSSR count). The van der Waals surface area contributed by atoms with Crippen molar-refractivity contribution in [1.29, 1.82) is 5.41 Å². The van der Waals surface area contributed by atoms with Crippen LogP contribution in [0.4, 0.5) is 5.69 Å². The third kappa shape index (κ3) is 2.76. The van der Waals surface area contributed by atoms with Crippen LogP contribution in [0.15, 0.2) is 18.2 Å². The summed E-state index contributed by atoms with van der Waals surface area (Å²) in [6.45, 7) is 2.81. The van der Waals surface area contributed by atoms with Crippen LogP contribution in [-0.2, 0) is 4.74 Å². The van der Waals surface area contributed by atoms with Crippen LogP contribution in [0.3, 0.4) is 0 Å². The van der Waals surface area contributed by atoms with Crippen LogP contribution in [0.2, 0.25) is 5.02 Å². The highest BCUT2D eigenvalue weighted by molar-refractivity contribution is 6.34. The Morgan fingerprint density at radius 3 is 3.00 bits per heavy atom. The number of nitrogens with one attached hydrogen (secondary N) is 1. The lowest BCUT2D eigenvalue weighted by atomic mass is 10.1. The molecule has 0 bridgehead atoms. The number of nitrogens with two attached hydrogens (primary N) is 1. The van der Waals surface area contributed by atoms with Crippen molar-refractivity contribution < 1.29 is 4.74 Å². The van der Waals surface area contributed by atoms with E-state index >= 15 is 0 Å². The molecule has 1 atom stereocenters. The molecule has 1 aliphatic heterocycles. The molecule has 18 heavy (non-hydrogen) atoms. The molecule has 4 nitrogen and oxygen atoms in total. The van der Waals surface area contributed by atoms with E-state index in [1.807, 2.05) is 18.2 Å². The third-order valence-corrected chi connectivity index (χ3v) is 3.61. The van der Waals surface area contributed by atoms with Crippen LogP contribution in [0, 0.1) is 11.3 Å². The molecule has 1 saturated heterocycles. The molecule has 0 spiro atoms. The van der Waals surface area contributed by atoms with E-state index in [1.165, 1.54) is 0 Å². The first-order chi connectivity index (χ1) is 8.61. The molecule has 3 N–H and O–H groups in total. The van der Waals surface area contributed by atoms with Crippen LogP contribution in [0.5, 0.6) is 0 Å². The van der Waals surface area contributed by atoms with Crippen molar-refractivity contribution in [3.63, 3.8) is 0 Å². The van der Waals surface area contributed by atoms with E-state index in [2.05, 4.69) is 4.90 Å². The van der Waals surface area contributed by atoms with E-state index in [0.29, 0.717) is 16.5 Å². The molecular weight excluding hydrogens is 250 g/mol. The topological polar surface area (TPSA) is 62.3 Å². The van der Waals surface area contributed by atoms with Gasteiger partial charge in [-0.2, -0.15) is 0 Å². The molecule has 0 radical (unpaired) electrons. The number of halogens is 1. The minimum atomic E-state index is 0.00484. The molecule has 1 aliphatic rings. The third-order valence-electron chi connectivity index (χ3n) is 3.30. The van der Waals surface area contributed by atoms with Gasteiger partial charge in [-0.3, -0.25) is 5.41 Å². The van der Waals surface area contributed by atoms with E-state index in [0.717, 1.165) is 31.8 Å². The van der Waals surface area contributed by atoms with Gasteiger partial charge in [0, 0.05) is 37.4 Å². The number of methoxy groups -OCH3 is 1. The van der Waals surface area contributed by atoms with Crippen LogP contribution in [-0.4, -0.2) is 32.6 Å². The zero-order chi connectivity index (χ0) is 13.1. The van der Waals surface area contributed by atoms with Gasteiger partial charge in [-0.15, -0.1) is 0 Å². The van der Waals surface area contributed by atoms with Gasteiger partial charge in [-0.1, -0.05) is 11.6 Å². The predicted octanol–water partition coefficient (Wildman–Crippen LogP) is 2.10. The number of nitrogen functional groups attached to an aromatic ring is 1. The van der Waals surface area contributed by atoms with Gasteiger partial charge in [0.05, 0.1) is 11.6 Å². The average Bonchev–Trinajstić information content (AvgIpc) is 2.77. The van der Waals surface area contributed by atoms with E-state index in [9.17, 15) is 0 Å². The van der Waals surface area contributed by atoms with Crippen molar-refractivity contribution in [2.45, 2.75) is 6.42 Å². The predicted molar refractivity (Wildman–Crippen MR) is 74.7 cm³/mol. The SMILES string of the molecule is COCC1CCN(c2ccc(C(=N)N)c(Cl)c2)C1. The van der Waals surface area contributed by atoms with Gasteiger partial charge in [0.2, 0.25) is 0 Å². The van der Waals surface area contributed by atoms with Gasteiger partial charge >= 0.3 is 0 Å². The molecule has 0 amide bonds. The largest absolute Gasteiger partial charge is 0.384 e. The second-order valence-electron chi connectivity index (χ2n) is 4.63. The van der Waals surface area contributed by atoms with Crippen LogP contribution in [0.25, 0.3) is 0 Å². The molecule has 98 valence electrons. The summed E-state index contributed by atoms with van der Waals surface area (Å²) in [6, 6.07) is 5.66. The maximum atomic E-state index is 7.41. The molecular formula is C13H18ClN3O. The molecule has 0 aromatic heterocycles. The zero-order valence-corrected chi connectivity index (χ0v) is 11.2. The fourth-order valence-corrected chi connectivity index (χ4v) is 2.63. The Balaban J connectivity index is 2.11. The molecule has 0 saturated carbocycles. The molecule has 5 heteroatoms. The molecule has 1 fully saturated rings. The Morgan fingerprint density at radius 2 is 2.39 bits per heavy atom. The highest BCUT2D eigenvalue weighted by Gasteiger charge is 2.23. The van der Waals surface area contributed by atoms with E-state index in [4.69, 9.17) is 27.5 Å². The minimum absolute atomic E-state index is 0.00484. The second-order valence-corrected chi connectivity index (χ2v) is 5.04. The van der Waals surface area contributed by atoms with Crippen molar-refractivity contribution in [3.05, 3.63) is 28.8 Å². The number of ether oxygens (including phenoxy) is 1. The number of amidine groups is 1. The summed E-state index contributed by atoms with van der Waals surface area (Å²) in [7, 11) is 1.74. The molecule has 0 aliphatic carbocycles. The monoisotopic (exact) mass is 267 g/mol. The van der Waals surface area contributed by atoms with Crippen LogP contribution in [0.1, 0.15) is 12.0 Å². The van der Waals surface area contributed by atoms with Crippen molar-refractivity contribution in [2.75, 3.05) is 31.7 Å². The number of rotatable bonds is 4. The Kier molecular flexibility index (Phi) is 4.09. The molecule has 1 unspecified atom stereocenters. The summed E-state index contributed by atoms with van der Waals surface area (Å²) >= 11 is 6.13. The van der Waals surface area contributed by atoms with Crippen LogP contribution < -0.4 is 10.6 Å². The smallest absolute Gasteiger partial charge is 0.124 e. The Morgan fingerprint density at radius 1 is 1.61 bits per heavy atom. The Bertz CT molecular complexity index is 450. The van der Waals surface area contributed by atoms with Gasteiger partial charge < -0.3 is 15.4 Å². The lowest BCUT2D eigenvalue weighted by Crippen LogP contribution is -2.21. The molecule has 1 aromatic carbocycles. The fraction of sp³-hybridized carbons (Fsp3) is 0.462. The fourth-order valence-electron chi connectivity index (χ4n) is 2.36. The van der Waals surface area contributed by atoms with Gasteiger partial charge in [0.15, 0.2) is 0 Å². The Hall–Kier alpha value is -1.26. The highest BCUT2D eigenvalue weighted by atomic mass is 35.5. The number of benzene rings is 1. The first-order valence-electron chi connectivity index (χ1n) is 5.99. The van der Waals surface area contributed by atoms with E-state index < -0.39 is 0 Å². The maximum absolute atomic E-state index is 7.41. The van der Waals surface area contributed by atoms with Gasteiger partial charge in [0.25, 0.3) is 0 Å². The lowest BCUT2D eigenvalue weighted by molar-refractivity contribution is 0.161. The van der Waals surface area contributed by atoms with Gasteiger partial charge in [-0.05, 0) is 24.6 Å². The standard InChI is InChI=1S/C13H18ClN3O/c1-18-8-9-4-5-17(7-9)10-2-3-11(13(15)16)12(14)6-10/h2-3,6,9H,4-5,7-8H2,1H3,(H3,15,16). The summed E-state index contributed by atoms with van der Waals surface area (Å²) < 4.78 is 5.19. The van der Waals surface area contributed by atoms with Crippen molar-refractivity contribution in [2.24, 2.45) is 11.7 Å². The summed E-state index contributed by atoms with van der Waals surface area (Å²) in [6.07, 6.45) is 1.14. The lowest BCUT2D eigenvalue weighted by Gasteiger charge is -2.19. The summed E-state index contributed by atoms with van der Waals surface area (Å²) in [4.78, 5) is 2.29. The summed E-state index contributed by atoms with van der Waals surface area (Å²) in [5.41, 5.74) is 7.13. The van der Waals surface area contributed by atoms with E-state index in [1.54, 1.807) is 7.11 Å². The van der Waals surface area contributed by atoms with Crippen molar-refractivity contribution in [1.82, 2.24) is 0 Å². The number of hydrogen-bond donors (Lipinski definition) is 2.